The molecule has 1 saturated carbocycles. The van der Waals surface area contributed by atoms with Gasteiger partial charge < -0.3 is 20.1 Å². The lowest BCUT2D eigenvalue weighted by Crippen LogP contribution is -2.53. The fourth-order valence-electron chi connectivity index (χ4n) is 2.30. The van der Waals surface area contributed by atoms with Crippen molar-refractivity contribution in [2.75, 3.05) is 39.9 Å². The molecule has 1 aliphatic heterocycles. The van der Waals surface area contributed by atoms with E-state index in [0.717, 1.165) is 12.8 Å². The molecule has 0 aromatic carbocycles. The number of aliphatic hydroxyl groups is 1. The number of carbonyl (C=O) groups is 2. The maximum atomic E-state index is 12.2. The van der Waals surface area contributed by atoms with Gasteiger partial charge in [0.1, 0.15) is 0 Å². The van der Waals surface area contributed by atoms with E-state index in [-0.39, 0.29) is 43.7 Å². The van der Waals surface area contributed by atoms with Crippen LogP contribution >= 0.6 is 0 Å². The molecule has 21 heavy (non-hydrogen) atoms. The molecule has 0 aromatic heterocycles. The molecular formula is C14H25N3O4. The van der Waals surface area contributed by atoms with Crippen molar-refractivity contribution in [1.29, 1.82) is 0 Å². The fraction of sp³-hybridized carbons (Fsp3) is 0.857. The Hall–Kier alpha value is -1.18. The van der Waals surface area contributed by atoms with E-state index < -0.39 is 0 Å². The summed E-state index contributed by atoms with van der Waals surface area (Å²) in [6.07, 6.45) is 1.84. The second-order valence-electron chi connectivity index (χ2n) is 6.01. The predicted molar refractivity (Wildman–Crippen MR) is 76.7 cm³/mol. The molecule has 0 spiro atoms. The van der Waals surface area contributed by atoms with E-state index >= 15 is 0 Å². The minimum absolute atomic E-state index is 0.0446. The Kier molecular flexibility index (Phi) is 5.55. The number of ether oxygens (including phenoxy) is 1. The van der Waals surface area contributed by atoms with Crippen LogP contribution in [-0.2, 0) is 14.3 Å². The quantitative estimate of drug-likeness (QED) is 0.644. The lowest BCUT2D eigenvalue weighted by molar-refractivity contribution is -0.139. The van der Waals surface area contributed by atoms with E-state index in [2.05, 4.69) is 5.32 Å². The zero-order chi connectivity index (χ0) is 15.4. The molecule has 1 heterocycles. The number of hydrogen-bond donors (Lipinski definition) is 2. The van der Waals surface area contributed by atoms with Gasteiger partial charge in [0, 0.05) is 25.7 Å². The molecule has 2 atom stereocenters. The lowest BCUT2D eigenvalue weighted by Gasteiger charge is -2.37. The smallest absolute Gasteiger partial charge is 0.239 e. The number of amides is 2. The van der Waals surface area contributed by atoms with Gasteiger partial charge >= 0.3 is 0 Å². The van der Waals surface area contributed by atoms with E-state index in [4.69, 9.17) is 9.84 Å². The van der Waals surface area contributed by atoms with Crippen molar-refractivity contribution in [3.8, 4) is 0 Å². The Bertz CT molecular complexity index is 386. The van der Waals surface area contributed by atoms with Crippen LogP contribution in [0, 0.1) is 0 Å². The van der Waals surface area contributed by atoms with Gasteiger partial charge in [-0.05, 0) is 19.8 Å². The van der Waals surface area contributed by atoms with Crippen LogP contribution in [0.25, 0.3) is 0 Å². The predicted octanol–water partition coefficient (Wildman–Crippen LogP) is -1.19. The standard InChI is InChI=1S/C14H25N3O4/c1-10-9-21-12(8-18)5-17(10)7-14(20)16(2)6-13(19)15-11-3-4-11/h10-12,18H,3-9H2,1-2H3,(H,15,19). The van der Waals surface area contributed by atoms with Gasteiger partial charge in [-0.15, -0.1) is 0 Å². The molecule has 1 aliphatic carbocycles. The van der Waals surface area contributed by atoms with Crippen molar-refractivity contribution < 1.29 is 19.4 Å². The lowest BCUT2D eigenvalue weighted by atomic mass is 10.2. The third-order valence-electron chi connectivity index (χ3n) is 3.93. The summed E-state index contributed by atoms with van der Waals surface area (Å²) in [5, 5.41) is 12.0. The average Bonchev–Trinajstić information content (AvgIpc) is 3.24. The Balaban J connectivity index is 1.77. The van der Waals surface area contributed by atoms with Crippen molar-refractivity contribution in [3.63, 3.8) is 0 Å². The summed E-state index contributed by atoms with van der Waals surface area (Å²) < 4.78 is 5.45. The fourth-order valence-corrected chi connectivity index (χ4v) is 2.30. The Morgan fingerprint density at radius 2 is 2.14 bits per heavy atom. The summed E-state index contributed by atoms with van der Waals surface area (Å²) in [5.74, 6) is -0.192. The summed E-state index contributed by atoms with van der Waals surface area (Å²) >= 11 is 0. The molecule has 120 valence electrons. The van der Waals surface area contributed by atoms with E-state index in [9.17, 15) is 9.59 Å². The van der Waals surface area contributed by atoms with Gasteiger partial charge in [0.15, 0.2) is 0 Å². The number of hydrogen-bond acceptors (Lipinski definition) is 5. The highest BCUT2D eigenvalue weighted by Gasteiger charge is 2.29. The minimum atomic E-state index is -0.238. The molecule has 7 nitrogen and oxygen atoms in total. The van der Waals surface area contributed by atoms with Crippen LogP contribution in [0.3, 0.4) is 0 Å². The highest BCUT2D eigenvalue weighted by atomic mass is 16.5. The molecule has 1 saturated heterocycles. The second kappa shape index (κ2) is 7.20. The van der Waals surface area contributed by atoms with Gasteiger partial charge in [0.2, 0.25) is 11.8 Å². The van der Waals surface area contributed by atoms with Crippen LogP contribution in [0.15, 0.2) is 0 Å². The molecule has 2 amide bonds. The molecule has 2 fully saturated rings. The number of nitrogens with zero attached hydrogens (tertiary/aromatic N) is 2. The SMILES string of the molecule is CC1COC(CO)CN1CC(=O)N(C)CC(=O)NC1CC1. The number of carbonyl (C=O) groups excluding carboxylic acids is 2. The summed E-state index contributed by atoms with van der Waals surface area (Å²) in [6, 6.07) is 0.441. The highest BCUT2D eigenvalue weighted by molar-refractivity contribution is 5.85. The molecule has 0 bridgehead atoms. The van der Waals surface area contributed by atoms with Crippen LogP contribution in [0.4, 0.5) is 0 Å². The van der Waals surface area contributed by atoms with Crippen molar-refractivity contribution in [2.24, 2.45) is 0 Å². The maximum Gasteiger partial charge on any atom is 0.239 e. The number of nitrogens with one attached hydrogen (secondary N) is 1. The van der Waals surface area contributed by atoms with Crippen molar-refractivity contribution in [3.05, 3.63) is 0 Å². The largest absolute Gasteiger partial charge is 0.394 e. The minimum Gasteiger partial charge on any atom is -0.394 e. The third-order valence-corrected chi connectivity index (χ3v) is 3.93. The molecule has 2 aliphatic rings. The number of rotatable bonds is 6. The average molecular weight is 299 g/mol. The zero-order valence-corrected chi connectivity index (χ0v) is 12.7. The topological polar surface area (TPSA) is 82.1 Å². The second-order valence-corrected chi connectivity index (χ2v) is 6.01. The van der Waals surface area contributed by atoms with Crippen LogP contribution in [0.2, 0.25) is 0 Å². The van der Waals surface area contributed by atoms with Crippen LogP contribution in [0.5, 0.6) is 0 Å². The summed E-state index contributed by atoms with van der Waals surface area (Å²) in [4.78, 5) is 27.3. The molecule has 2 rings (SSSR count). The normalized spacial score (nSPS) is 26.4. The molecule has 7 heteroatoms. The number of aliphatic hydroxyl groups excluding tert-OH is 1. The molecule has 2 N–H and O–H groups in total. The van der Waals surface area contributed by atoms with Gasteiger partial charge in [-0.25, -0.2) is 0 Å². The summed E-state index contributed by atoms with van der Waals surface area (Å²) in [6.45, 7) is 3.32. The van der Waals surface area contributed by atoms with E-state index in [1.54, 1.807) is 7.05 Å². The van der Waals surface area contributed by atoms with Gasteiger partial charge in [0.05, 0.1) is 32.4 Å². The summed E-state index contributed by atoms with van der Waals surface area (Å²) in [5.41, 5.74) is 0. The zero-order valence-electron chi connectivity index (χ0n) is 12.7. The highest BCUT2D eigenvalue weighted by Crippen LogP contribution is 2.18. The molecule has 0 aromatic rings. The van der Waals surface area contributed by atoms with Crippen molar-refractivity contribution >= 4 is 11.8 Å². The third kappa shape index (κ3) is 4.94. The van der Waals surface area contributed by atoms with Crippen LogP contribution in [0.1, 0.15) is 19.8 Å². The Morgan fingerprint density at radius 1 is 1.43 bits per heavy atom. The first-order chi connectivity index (χ1) is 9.99. The van der Waals surface area contributed by atoms with Gasteiger partial charge in [0.25, 0.3) is 0 Å². The van der Waals surface area contributed by atoms with E-state index in [1.165, 1.54) is 4.90 Å². The first kappa shape index (κ1) is 16.2. The number of morpholine rings is 1. The maximum absolute atomic E-state index is 12.2. The van der Waals surface area contributed by atoms with Crippen LogP contribution in [-0.4, -0.2) is 84.8 Å². The Labute approximate surface area is 125 Å². The molecule has 0 radical (unpaired) electrons. The van der Waals surface area contributed by atoms with Crippen molar-refractivity contribution in [1.82, 2.24) is 15.1 Å². The van der Waals surface area contributed by atoms with Crippen molar-refractivity contribution in [2.45, 2.75) is 38.0 Å². The number of likely N-dealkylation sites (N-methyl/N-ethyl adjacent to an activating group) is 1. The first-order valence-corrected chi connectivity index (χ1v) is 7.49. The monoisotopic (exact) mass is 299 g/mol. The van der Waals surface area contributed by atoms with Crippen LogP contribution < -0.4 is 5.32 Å². The first-order valence-electron chi connectivity index (χ1n) is 7.49. The van der Waals surface area contributed by atoms with E-state index in [0.29, 0.717) is 19.2 Å². The molecule has 2 unspecified atom stereocenters. The van der Waals surface area contributed by atoms with Gasteiger partial charge in [-0.3, -0.25) is 14.5 Å². The molecular weight excluding hydrogens is 274 g/mol. The van der Waals surface area contributed by atoms with E-state index in [1.807, 2.05) is 11.8 Å². The van der Waals surface area contributed by atoms with Gasteiger partial charge in [-0.1, -0.05) is 0 Å². The van der Waals surface area contributed by atoms with Gasteiger partial charge in [-0.2, -0.15) is 0 Å². The Morgan fingerprint density at radius 3 is 2.76 bits per heavy atom. The summed E-state index contributed by atoms with van der Waals surface area (Å²) in [7, 11) is 1.64.